The molecular formula is C20H26O3. The lowest BCUT2D eigenvalue weighted by molar-refractivity contribution is -0.131. The number of rotatable bonds is 5. The van der Waals surface area contributed by atoms with Crippen molar-refractivity contribution in [3.05, 3.63) is 58.7 Å². The number of Topliss-reactive ketones (excluding diaryl/α,β-unsaturated/α-hetero) is 1. The van der Waals surface area contributed by atoms with Gasteiger partial charge in [0.2, 0.25) is 0 Å². The standard InChI is InChI=1S/C20H26O3/c1-14(7-6-8-15(2)13-19(22)23)9-10-17-16(3)18(21)11-12-20(17,4)5/h6-10,13H,11-12H2,1-5H3,(H,22,23)/b8-6?,10-9?,14-7?,15-13-. The molecule has 1 aliphatic rings. The average molecular weight is 314 g/mol. The molecule has 0 bridgehead atoms. The van der Waals surface area contributed by atoms with Crippen molar-refractivity contribution in [1.82, 2.24) is 0 Å². The molecule has 23 heavy (non-hydrogen) atoms. The van der Waals surface area contributed by atoms with Gasteiger partial charge in [-0.25, -0.2) is 4.79 Å². The van der Waals surface area contributed by atoms with E-state index in [2.05, 4.69) is 13.8 Å². The zero-order chi connectivity index (χ0) is 17.6. The van der Waals surface area contributed by atoms with Crippen molar-refractivity contribution in [2.24, 2.45) is 5.41 Å². The van der Waals surface area contributed by atoms with Gasteiger partial charge >= 0.3 is 5.97 Å². The van der Waals surface area contributed by atoms with Gasteiger partial charge in [0.15, 0.2) is 5.78 Å². The normalized spacial score (nSPS) is 20.0. The number of carboxylic acid groups (broad SMARTS) is 1. The molecule has 3 heteroatoms. The molecule has 0 aromatic carbocycles. The minimum Gasteiger partial charge on any atom is -0.478 e. The van der Waals surface area contributed by atoms with Crippen molar-refractivity contribution in [3.63, 3.8) is 0 Å². The van der Waals surface area contributed by atoms with Crippen molar-refractivity contribution in [1.29, 1.82) is 0 Å². The van der Waals surface area contributed by atoms with Gasteiger partial charge in [-0.1, -0.05) is 49.8 Å². The highest BCUT2D eigenvalue weighted by atomic mass is 16.4. The van der Waals surface area contributed by atoms with Crippen molar-refractivity contribution < 1.29 is 14.7 Å². The average Bonchev–Trinajstić information content (AvgIpc) is 2.42. The topological polar surface area (TPSA) is 54.4 Å². The van der Waals surface area contributed by atoms with E-state index in [0.717, 1.165) is 23.1 Å². The van der Waals surface area contributed by atoms with Gasteiger partial charge in [0.05, 0.1) is 0 Å². The first-order valence-electron chi connectivity index (χ1n) is 7.82. The van der Waals surface area contributed by atoms with Gasteiger partial charge in [-0.15, -0.1) is 0 Å². The summed E-state index contributed by atoms with van der Waals surface area (Å²) in [6.07, 6.45) is 12.2. The summed E-state index contributed by atoms with van der Waals surface area (Å²) in [5, 5.41) is 8.65. The van der Waals surface area contributed by atoms with Crippen LogP contribution in [-0.2, 0) is 9.59 Å². The quantitative estimate of drug-likeness (QED) is 0.587. The molecule has 1 aliphatic carbocycles. The zero-order valence-corrected chi connectivity index (χ0v) is 14.6. The van der Waals surface area contributed by atoms with Crippen LogP contribution < -0.4 is 0 Å². The molecule has 0 saturated heterocycles. The van der Waals surface area contributed by atoms with Crippen LogP contribution in [0.25, 0.3) is 0 Å². The molecule has 1 N–H and O–H groups in total. The second-order valence-corrected chi connectivity index (χ2v) is 6.68. The molecule has 0 aromatic rings. The minimum atomic E-state index is -0.945. The Morgan fingerprint density at radius 1 is 1.17 bits per heavy atom. The van der Waals surface area contributed by atoms with Crippen LogP contribution in [0.15, 0.2) is 58.7 Å². The van der Waals surface area contributed by atoms with E-state index in [1.165, 1.54) is 6.08 Å². The Morgan fingerprint density at radius 3 is 2.43 bits per heavy atom. The number of allylic oxidation sites excluding steroid dienone is 9. The van der Waals surface area contributed by atoms with Crippen LogP contribution in [0.5, 0.6) is 0 Å². The fraction of sp³-hybridized carbons (Fsp3) is 0.400. The number of ketones is 1. The summed E-state index contributed by atoms with van der Waals surface area (Å²) in [4.78, 5) is 22.4. The highest BCUT2D eigenvalue weighted by molar-refractivity contribution is 5.97. The molecule has 0 unspecified atom stereocenters. The van der Waals surface area contributed by atoms with Crippen LogP contribution in [0, 0.1) is 5.41 Å². The fourth-order valence-corrected chi connectivity index (χ4v) is 2.62. The van der Waals surface area contributed by atoms with Gasteiger partial charge in [0.25, 0.3) is 0 Å². The Morgan fingerprint density at radius 2 is 1.83 bits per heavy atom. The maximum Gasteiger partial charge on any atom is 0.328 e. The number of hydrogen-bond donors (Lipinski definition) is 1. The van der Waals surface area contributed by atoms with Crippen molar-refractivity contribution >= 4 is 11.8 Å². The summed E-state index contributed by atoms with van der Waals surface area (Å²) in [7, 11) is 0. The van der Waals surface area contributed by atoms with E-state index in [-0.39, 0.29) is 11.2 Å². The highest BCUT2D eigenvalue weighted by Crippen LogP contribution is 2.39. The van der Waals surface area contributed by atoms with Crippen LogP contribution in [0.2, 0.25) is 0 Å². The van der Waals surface area contributed by atoms with Gasteiger partial charge in [0.1, 0.15) is 0 Å². The van der Waals surface area contributed by atoms with Crippen LogP contribution >= 0.6 is 0 Å². The second-order valence-electron chi connectivity index (χ2n) is 6.68. The SMILES string of the molecule is CC(C=CC1=C(C)C(=O)CCC1(C)C)=CC=C/C(C)=C\C(=O)O. The maximum atomic E-state index is 11.9. The minimum absolute atomic E-state index is 0.0193. The van der Waals surface area contributed by atoms with E-state index < -0.39 is 5.97 Å². The van der Waals surface area contributed by atoms with Crippen molar-refractivity contribution in [2.45, 2.75) is 47.5 Å². The third-order valence-electron chi connectivity index (χ3n) is 4.11. The second kappa shape index (κ2) is 7.91. The van der Waals surface area contributed by atoms with Crippen LogP contribution in [-0.4, -0.2) is 16.9 Å². The molecule has 0 atom stereocenters. The molecule has 0 aromatic heterocycles. The Hall–Kier alpha value is -2.16. The predicted octanol–water partition coefficient (Wildman–Crippen LogP) is 4.78. The first-order valence-corrected chi connectivity index (χ1v) is 7.82. The third-order valence-corrected chi connectivity index (χ3v) is 4.11. The molecule has 0 aliphatic heterocycles. The predicted molar refractivity (Wildman–Crippen MR) is 94.2 cm³/mol. The first kappa shape index (κ1) is 18.9. The molecular weight excluding hydrogens is 288 g/mol. The van der Waals surface area contributed by atoms with E-state index in [1.54, 1.807) is 13.0 Å². The Bertz CT molecular complexity index is 638. The molecule has 0 amide bonds. The van der Waals surface area contributed by atoms with Crippen LogP contribution in [0.4, 0.5) is 0 Å². The van der Waals surface area contributed by atoms with Crippen molar-refractivity contribution in [2.75, 3.05) is 0 Å². The molecule has 0 spiro atoms. The first-order chi connectivity index (χ1) is 10.6. The summed E-state index contributed by atoms with van der Waals surface area (Å²) >= 11 is 0. The van der Waals surface area contributed by atoms with Gasteiger partial charge < -0.3 is 5.11 Å². The summed E-state index contributed by atoms with van der Waals surface area (Å²) in [6.45, 7) is 9.96. The molecule has 0 heterocycles. The van der Waals surface area contributed by atoms with Gasteiger partial charge in [-0.05, 0) is 49.3 Å². The Balaban J connectivity index is 2.89. The lowest BCUT2D eigenvalue weighted by Crippen LogP contribution is -2.24. The molecule has 0 radical (unpaired) electrons. The monoisotopic (exact) mass is 314 g/mol. The van der Waals surface area contributed by atoms with E-state index >= 15 is 0 Å². The van der Waals surface area contributed by atoms with Gasteiger partial charge in [0, 0.05) is 12.5 Å². The van der Waals surface area contributed by atoms with Crippen molar-refractivity contribution in [3.8, 4) is 0 Å². The molecule has 0 saturated carbocycles. The molecule has 124 valence electrons. The third kappa shape index (κ3) is 5.85. The molecule has 0 fully saturated rings. The highest BCUT2D eigenvalue weighted by Gasteiger charge is 2.30. The van der Waals surface area contributed by atoms with Crippen LogP contribution in [0.3, 0.4) is 0 Å². The van der Waals surface area contributed by atoms with Gasteiger partial charge in [-0.2, -0.15) is 0 Å². The zero-order valence-electron chi connectivity index (χ0n) is 14.6. The smallest absolute Gasteiger partial charge is 0.328 e. The Labute approximate surface area is 138 Å². The van der Waals surface area contributed by atoms with E-state index in [0.29, 0.717) is 12.0 Å². The van der Waals surface area contributed by atoms with E-state index in [1.807, 2.05) is 38.2 Å². The number of aliphatic carboxylic acids is 1. The summed E-state index contributed by atoms with van der Waals surface area (Å²) in [6, 6.07) is 0. The van der Waals surface area contributed by atoms with Gasteiger partial charge in [-0.3, -0.25) is 4.79 Å². The van der Waals surface area contributed by atoms with E-state index in [4.69, 9.17) is 5.11 Å². The summed E-state index contributed by atoms with van der Waals surface area (Å²) in [5.41, 5.74) is 3.71. The molecule has 1 rings (SSSR count). The summed E-state index contributed by atoms with van der Waals surface area (Å²) in [5.74, 6) is -0.709. The van der Waals surface area contributed by atoms with E-state index in [9.17, 15) is 9.59 Å². The number of carboxylic acids is 1. The molecule has 3 nitrogen and oxygen atoms in total. The fourth-order valence-electron chi connectivity index (χ4n) is 2.62. The van der Waals surface area contributed by atoms with Crippen LogP contribution in [0.1, 0.15) is 47.5 Å². The summed E-state index contributed by atoms with van der Waals surface area (Å²) < 4.78 is 0. The largest absolute Gasteiger partial charge is 0.478 e. The maximum absolute atomic E-state index is 11.9. The number of hydrogen-bond acceptors (Lipinski definition) is 2. The number of carbonyl (C=O) groups is 2. The lowest BCUT2D eigenvalue weighted by atomic mass is 9.72. The number of carbonyl (C=O) groups excluding carboxylic acids is 1. The lowest BCUT2D eigenvalue weighted by Gasteiger charge is -2.32. The Kier molecular flexibility index (Phi) is 6.49.